The third-order valence-corrected chi connectivity index (χ3v) is 4.98. The molecule has 2 heterocycles. The Morgan fingerprint density at radius 3 is 2.54 bits per heavy atom. The van der Waals surface area contributed by atoms with Gasteiger partial charge in [0.05, 0.1) is 11.5 Å². The molecule has 0 aliphatic carbocycles. The van der Waals surface area contributed by atoms with Crippen LogP contribution in [0.5, 0.6) is 0 Å². The summed E-state index contributed by atoms with van der Waals surface area (Å²) in [6.07, 6.45) is 1.62. The second-order valence-electron chi connectivity index (χ2n) is 5.66. The van der Waals surface area contributed by atoms with Crippen LogP contribution in [0.4, 0.5) is 5.69 Å². The molecule has 1 saturated heterocycles. The number of nitro groups is 1. The smallest absolute Gasteiger partial charge is 0.269 e. The van der Waals surface area contributed by atoms with Crippen LogP contribution >= 0.6 is 11.3 Å². The first-order valence-electron chi connectivity index (χ1n) is 7.80. The van der Waals surface area contributed by atoms with Gasteiger partial charge in [-0.3, -0.25) is 14.9 Å². The first kappa shape index (κ1) is 16.6. The Kier molecular flexibility index (Phi) is 5.22. The average Bonchev–Trinajstić information content (AvgIpc) is 3.13. The summed E-state index contributed by atoms with van der Waals surface area (Å²) in [5.41, 5.74) is 0.464. The number of nitro benzene ring substituents is 1. The lowest BCUT2D eigenvalue weighted by atomic mass is 10.0. The first-order chi connectivity index (χ1) is 11.6. The lowest BCUT2D eigenvalue weighted by Gasteiger charge is -2.34. The van der Waals surface area contributed by atoms with Gasteiger partial charge in [-0.05, 0) is 36.4 Å². The summed E-state index contributed by atoms with van der Waals surface area (Å²) in [6.45, 7) is 1.86. The van der Waals surface area contributed by atoms with Crippen molar-refractivity contribution in [2.75, 3.05) is 13.2 Å². The van der Waals surface area contributed by atoms with Crippen molar-refractivity contribution in [3.8, 4) is 0 Å². The molecule has 0 bridgehead atoms. The number of hydrogen-bond donors (Lipinski definition) is 0. The van der Waals surface area contributed by atoms with Crippen molar-refractivity contribution in [1.29, 1.82) is 0 Å². The normalized spacial score (nSPS) is 15.2. The van der Waals surface area contributed by atoms with Crippen LogP contribution in [0.15, 0.2) is 41.8 Å². The van der Waals surface area contributed by atoms with Crippen molar-refractivity contribution in [1.82, 2.24) is 4.90 Å². The number of ether oxygens (including phenoxy) is 1. The van der Waals surface area contributed by atoms with Crippen molar-refractivity contribution in [3.63, 3.8) is 0 Å². The predicted octanol–water partition coefficient (Wildman–Crippen LogP) is 3.48. The van der Waals surface area contributed by atoms with E-state index in [1.807, 2.05) is 22.4 Å². The maximum atomic E-state index is 13.0. The van der Waals surface area contributed by atoms with Gasteiger partial charge < -0.3 is 9.64 Å². The third kappa shape index (κ3) is 3.80. The molecule has 1 amide bonds. The highest BCUT2D eigenvalue weighted by molar-refractivity contribution is 7.09. The molecule has 2 aromatic rings. The second-order valence-corrected chi connectivity index (χ2v) is 6.69. The number of amides is 1. The van der Waals surface area contributed by atoms with Crippen molar-refractivity contribution < 1.29 is 14.5 Å². The number of thiophene rings is 1. The molecule has 126 valence electrons. The molecule has 6 nitrogen and oxygen atoms in total. The van der Waals surface area contributed by atoms with Gasteiger partial charge in [0.15, 0.2) is 0 Å². The Labute approximate surface area is 143 Å². The molecule has 0 atom stereocenters. The van der Waals surface area contributed by atoms with Crippen LogP contribution < -0.4 is 0 Å². The summed E-state index contributed by atoms with van der Waals surface area (Å²) in [7, 11) is 0. The Balaban J connectivity index is 1.82. The lowest BCUT2D eigenvalue weighted by molar-refractivity contribution is -0.384. The molecule has 24 heavy (non-hydrogen) atoms. The number of carbonyl (C=O) groups is 1. The Hall–Kier alpha value is -2.25. The van der Waals surface area contributed by atoms with E-state index in [2.05, 4.69) is 0 Å². The van der Waals surface area contributed by atoms with E-state index in [0.29, 0.717) is 25.3 Å². The molecule has 3 rings (SSSR count). The van der Waals surface area contributed by atoms with Gasteiger partial charge >= 0.3 is 0 Å². The average molecular weight is 346 g/mol. The van der Waals surface area contributed by atoms with Gasteiger partial charge in [0.1, 0.15) is 0 Å². The number of carbonyl (C=O) groups excluding carboxylic acids is 1. The minimum absolute atomic E-state index is 0.0116. The van der Waals surface area contributed by atoms with E-state index < -0.39 is 4.92 Å². The van der Waals surface area contributed by atoms with Gasteiger partial charge in [-0.2, -0.15) is 0 Å². The van der Waals surface area contributed by atoms with E-state index in [4.69, 9.17) is 4.74 Å². The van der Waals surface area contributed by atoms with Gasteiger partial charge in [-0.15, -0.1) is 11.3 Å². The quantitative estimate of drug-likeness (QED) is 0.614. The van der Waals surface area contributed by atoms with Crippen molar-refractivity contribution in [2.45, 2.75) is 25.4 Å². The lowest BCUT2D eigenvalue weighted by Crippen LogP contribution is -2.42. The highest BCUT2D eigenvalue weighted by atomic mass is 32.1. The van der Waals surface area contributed by atoms with E-state index in [9.17, 15) is 14.9 Å². The van der Waals surface area contributed by atoms with Crippen molar-refractivity contribution in [3.05, 3.63) is 62.3 Å². The van der Waals surface area contributed by atoms with Crippen molar-refractivity contribution in [2.24, 2.45) is 0 Å². The van der Waals surface area contributed by atoms with Crippen molar-refractivity contribution >= 4 is 22.9 Å². The zero-order chi connectivity index (χ0) is 16.9. The van der Waals surface area contributed by atoms with Crippen LogP contribution in [-0.4, -0.2) is 35.0 Å². The maximum Gasteiger partial charge on any atom is 0.269 e. The Morgan fingerprint density at radius 1 is 1.25 bits per heavy atom. The minimum Gasteiger partial charge on any atom is -0.381 e. The van der Waals surface area contributed by atoms with Crippen LogP contribution in [0.2, 0.25) is 0 Å². The molecule has 0 saturated carbocycles. The number of rotatable bonds is 5. The summed E-state index contributed by atoms with van der Waals surface area (Å²) in [5.74, 6) is -0.0924. The first-order valence-corrected chi connectivity index (χ1v) is 8.68. The fourth-order valence-electron chi connectivity index (χ4n) is 2.83. The van der Waals surface area contributed by atoms with Crippen LogP contribution in [0, 0.1) is 10.1 Å². The molecule has 1 aromatic carbocycles. The van der Waals surface area contributed by atoms with Crippen LogP contribution in [0.25, 0.3) is 0 Å². The number of benzene rings is 1. The number of non-ortho nitro benzene ring substituents is 1. The molecular formula is C17H18N2O4S. The minimum atomic E-state index is -0.462. The van der Waals surface area contributed by atoms with Gasteiger partial charge in [0.25, 0.3) is 11.6 Å². The zero-order valence-electron chi connectivity index (χ0n) is 13.1. The highest BCUT2D eigenvalue weighted by Gasteiger charge is 2.27. The summed E-state index contributed by atoms with van der Waals surface area (Å²) in [4.78, 5) is 26.3. The van der Waals surface area contributed by atoms with E-state index >= 15 is 0 Å². The largest absolute Gasteiger partial charge is 0.381 e. The molecule has 1 aliphatic rings. The van der Waals surface area contributed by atoms with E-state index in [0.717, 1.165) is 17.7 Å². The van der Waals surface area contributed by atoms with Crippen LogP contribution in [-0.2, 0) is 11.3 Å². The Bertz CT molecular complexity index is 694. The fraction of sp³-hybridized carbons (Fsp3) is 0.353. The molecule has 1 aliphatic heterocycles. The molecule has 0 N–H and O–H groups in total. The number of nitrogens with zero attached hydrogens (tertiary/aromatic N) is 2. The fourth-order valence-corrected chi connectivity index (χ4v) is 3.53. The summed E-state index contributed by atoms with van der Waals surface area (Å²) in [6, 6.07) is 9.92. The monoisotopic (exact) mass is 346 g/mol. The SMILES string of the molecule is O=C(c1ccc([N+](=O)[O-])cc1)N(Cc1cccs1)C1CCOCC1. The summed E-state index contributed by atoms with van der Waals surface area (Å²) >= 11 is 1.62. The topological polar surface area (TPSA) is 72.7 Å². The standard InChI is InChI=1S/C17H18N2O4S/c20-17(13-3-5-15(6-4-13)19(21)22)18(12-16-2-1-11-24-16)14-7-9-23-10-8-14/h1-6,11,14H,7-10,12H2. The molecule has 1 aromatic heterocycles. The summed E-state index contributed by atoms with van der Waals surface area (Å²) < 4.78 is 5.40. The van der Waals surface area contributed by atoms with Gasteiger partial charge in [0, 0.05) is 41.8 Å². The molecule has 0 spiro atoms. The Morgan fingerprint density at radius 2 is 1.96 bits per heavy atom. The maximum absolute atomic E-state index is 13.0. The van der Waals surface area contributed by atoms with Crippen LogP contribution in [0.3, 0.4) is 0 Å². The predicted molar refractivity (Wildman–Crippen MR) is 91.1 cm³/mol. The van der Waals surface area contributed by atoms with Crippen LogP contribution in [0.1, 0.15) is 28.1 Å². The molecule has 1 fully saturated rings. The third-order valence-electron chi connectivity index (χ3n) is 4.12. The molecule has 7 heteroatoms. The summed E-state index contributed by atoms with van der Waals surface area (Å²) in [5, 5.41) is 12.8. The number of hydrogen-bond acceptors (Lipinski definition) is 5. The van der Waals surface area contributed by atoms with Gasteiger partial charge in [-0.1, -0.05) is 6.07 Å². The molecular weight excluding hydrogens is 328 g/mol. The van der Waals surface area contributed by atoms with E-state index in [1.54, 1.807) is 11.3 Å². The van der Waals surface area contributed by atoms with Gasteiger partial charge in [0.2, 0.25) is 0 Å². The molecule has 0 radical (unpaired) electrons. The van der Waals surface area contributed by atoms with E-state index in [1.165, 1.54) is 24.3 Å². The molecule has 0 unspecified atom stereocenters. The van der Waals surface area contributed by atoms with Gasteiger partial charge in [-0.25, -0.2) is 0 Å². The van der Waals surface area contributed by atoms with E-state index in [-0.39, 0.29) is 17.6 Å². The highest BCUT2D eigenvalue weighted by Crippen LogP contribution is 2.23. The second kappa shape index (κ2) is 7.55. The zero-order valence-corrected chi connectivity index (χ0v) is 13.9.